The van der Waals surface area contributed by atoms with Crippen molar-refractivity contribution in [3.8, 4) is 0 Å². The molecule has 0 unspecified atom stereocenters. The Balaban J connectivity index is 2.44. The van der Waals surface area contributed by atoms with Crippen molar-refractivity contribution in [3.05, 3.63) is 42.1 Å². The van der Waals surface area contributed by atoms with Crippen LogP contribution in [0.4, 0.5) is 10.5 Å². The van der Waals surface area contributed by atoms with Gasteiger partial charge in [-0.05, 0) is 25.5 Å². The molecule has 1 aromatic carbocycles. The zero-order valence-electron chi connectivity index (χ0n) is 9.08. The predicted octanol–water partition coefficient (Wildman–Crippen LogP) is 3.12. The summed E-state index contributed by atoms with van der Waals surface area (Å²) in [6.07, 6.45) is 2.66. The Hall–Kier alpha value is -1.77. The molecule has 0 saturated heterocycles. The molecule has 1 rings (SSSR count). The molecule has 0 radical (unpaired) electrons. The molecular formula is C12H16N2O. The molecule has 0 spiro atoms. The molecule has 0 atom stereocenters. The Bertz CT molecular complexity index is 344. The lowest BCUT2D eigenvalue weighted by molar-refractivity contribution is 0.255. The second-order valence-electron chi connectivity index (χ2n) is 3.31. The van der Waals surface area contributed by atoms with Gasteiger partial charge in [-0.15, -0.1) is 0 Å². The van der Waals surface area contributed by atoms with Crippen LogP contribution in [0.15, 0.2) is 42.1 Å². The Morgan fingerprint density at radius 2 is 2.00 bits per heavy atom. The van der Waals surface area contributed by atoms with Gasteiger partial charge < -0.3 is 10.6 Å². The number of rotatable bonds is 3. The van der Waals surface area contributed by atoms with Crippen LogP contribution < -0.4 is 10.6 Å². The van der Waals surface area contributed by atoms with E-state index < -0.39 is 0 Å². The number of anilines is 1. The Labute approximate surface area is 90.2 Å². The van der Waals surface area contributed by atoms with Gasteiger partial charge in [-0.3, -0.25) is 0 Å². The molecule has 0 fully saturated rings. The lowest BCUT2D eigenvalue weighted by Crippen LogP contribution is -2.24. The highest BCUT2D eigenvalue weighted by molar-refractivity contribution is 5.89. The van der Waals surface area contributed by atoms with Gasteiger partial charge in [0.15, 0.2) is 0 Å². The van der Waals surface area contributed by atoms with Crippen molar-refractivity contribution in [3.63, 3.8) is 0 Å². The predicted molar refractivity (Wildman–Crippen MR) is 62.6 cm³/mol. The minimum absolute atomic E-state index is 0.214. The van der Waals surface area contributed by atoms with E-state index in [1.165, 1.54) is 0 Å². The standard InChI is InChI=1S/C12H16N2O/c1-3-10(2)9-13-12(15)14-11-7-5-4-6-8-11/h4-9H,3H2,1-2H3,(H2,13,14,15)/b10-9+. The van der Waals surface area contributed by atoms with Crippen molar-refractivity contribution in [1.82, 2.24) is 5.32 Å². The summed E-state index contributed by atoms with van der Waals surface area (Å²) in [6.45, 7) is 4.02. The van der Waals surface area contributed by atoms with Gasteiger partial charge in [-0.25, -0.2) is 4.79 Å². The highest BCUT2D eigenvalue weighted by atomic mass is 16.2. The van der Waals surface area contributed by atoms with Crippen molar-refractivity contribution in [2.24, 2.45) is 0 Å². The number of para-hydroxylation sites is 1. The maximum absolute atomic E-state index is 11.4. The van der Waals surface area contributed by atoms with E-state index in [1.54, 1.807) is 6.20 Å². The van der Waals surface area contributed by atoms with Crippen LogP contribution in [0.1, 0.15) is 20.3 Å². The summed E-state index contributed by atoms with van der Waals surface area (Å²) in [4.78, 5) is 11.4. The van der Waals surface area contributed by atoms with Crippen molar-refractivity contribution < 1.29 is 4.79 Å². The molecule has 80 valence electrons. The number of hydrogen-bond donors (Lipinski definition) is 2. The first-order valence-electron chi connectivity index (χ1n) is 5.00. The van der Waals surface area contributed by atoms with Gasteiger partial charge in [0.05, 0.1) is 0 Å². The number of benzene rings is 1. The zero-order valence-corrected chi connectivity index (χ0v) is 9.08. The third-order valence-corrected chi connectivity index (χ3v) is 2.04. The molecule has 0 aromatic heterocycles. The second kappa shape index (κ2) is 5.86. The molecule has 15 heavy (non-hydrogen) atoms. The van der Waals surface area contributed by atoms with E-state index in [0.29, 0.717) is 0 Å². The summed E-state index contributed by atoms with van der Waals surface area (Å²) < 4.78 is 0. The molecule has 2 N–H and O–H groups in total. The van der Waals surface area contributed by atoms with Crippen LogP contribution in [-0.2, 0) is 0 Å². The van der Waals surface area contributed by atoms with Crippen LogP contribution in [0.3, 0.4) is 0 Å². The summed E-state index contributed by atoms with van der Waals surface area (Å²) >= 11 is 0. The second-order valence-corrected chi connectivity index (χ2v) is 3.31. The molecule has 1 aromatic rings. The number of urea groups is 1. The number of allylic oxidation sites excluding steroid dienone is 1. The normalized spacial score (nSPS) is 10.9. The summed E-state index contributed by atoms with van der Waals surface area (Å²) in [5.74, 6) is 0. The first-order valence-corrected chi connectivity index (χ1v) is 5.00. The van der Waals surface area contributed by atoms with Crippen molar-refractivity contribution in [2.45, 2.75) is 20.3 Å². The van der Waals surface area contributed by atoms with Crippen LogP contribution in [-0.4, -0.2) is 6.03 Å². The largest absolute Gasteiger partial charge is 0.323 e. The van der Waals surface area contributed by atoms with Crippen LogP contribution >= 0.6 is 0 Å². The molecular weight excluding hydrogens is 188 g/mol. The van der Waals surface area contributed by atoms with Crippen molar-refractivity contribution in [2.75, 3.05) is 5.32 Å². The van der Waals surface area contributed by atoms with Gasteiger partial charge in [0.1, 0.15) is 0 Å². The lowest BCUT2D eigenvalue weighted by atomic mass is 10.3. The van der Waals surface area contributed by atoms with E-state index in [-0.39, 0.29) is 6.03 Å². The third kappa shape index (κ3) is 4.31. The smallest absolute Gasteiger partial charge is 0.314 e. The van der Waals surface area contributed by atoms with Crippen molar-refractivity contribution in [1.29, 1.82) is 0 Å². The van der Waals surface area contributed by atoms with E-state index >= 15 is 0 Å². The van der Waals surface area contributed by atoms with E-state index in [0.717, 1.165) is 17.7 Å². The minimum Gasteiger partial charge on any atom is -0.314 e. The summed E-state index contributed by atoms with van der Waals surface area (Å²) in [5, 5.41) is 5.40. The Kier molecular flexibility index (Phi) is 4.41. The van der Waals surface area contributed by atoms with Gasteiger partial charge >= 0.3 is 6.03 Å². The fourth-order valence-electron chi connectivity index (χ4n) is 0.979. The number of amides is 2. The number of carbonyl (C=O) groups is 1. The topological polar surface area (TPSA) is 41.1 Å². The fraction of sp³-hybridized carbons (Fsp3) is 0.250. The van der Waals surface area contributed by atoms with E-state index in [4.69, 9.17) is 0 Å². The molecule has 0 saturated carbocycles. The third-order valence-electron chi connectivity index (χ3n) is 2.04. The summed E-state index contributed by atoms with van der Waals surface area (Å²) in [7, 11) is 0. The summed E-state index contributed by atoms with van der Waals surface area (Å²) in [6, 6.07) is 9.13. The van der Waals surface area contributed by atoms with Gasteiger partial charge in [-0.2, -0.15) is 0 Å². The minimum atomic E-state index is -0.214. The highest BCUT2D eigenvalue weighted by Gasteiger charge is 1.97. The van der Waals surface area contributed by atoms with Crippen molar-refractivity contribution >= 4 is 11.7 Å². The molecule has 0 bridgehead atoms. The number of carbonyl (C=O) groups excluding carboxylic acids is 1. The highest BCUT2D eigenvalue weighted by Crippen LogP contribution is 2.04. The molecule has 0 aliphatic heterocycles. The number of nitrogens with one attached hydrogen (secondary N) is 2. The first kappa shape index (κ1) is 11.3. The van der Waals surface area contributed by atoms with E-state index in [1.807, 2.05) is 44.2 Å². The van der Waals surface area contributed by atoms with Crippen LogP contribution in [0.25, 0.3) is 0 Å². The van der Waals surface area contributed by atoms with E-state index in [9.17, 15) is 4.79 Å². The van der Waals surface area contributed by atoms with Crippen LogP contribution in [0, 0.1) is 0 Å². The first-order chi connectivity index (χ1) is 7.22. The van der Waals surface area contributed by atoms with Crippen LogP contribution in [0.2, 0.25) is 0 Å². The Morgan fingerprint density at radius 1 is 1.33 bits per heavy atom. The monoisotopic (exact) mass is 204 g/mol. The van der Waals surface area contributed by atoms with Gasteiger partial charge in [-0.1, -0.05) is 30.7 Å². The van der Waals surface area contributed by atoms with Gasteiger partial charge in [0.2, 0.25) is 0 Å². The maximum Gasteiger partial charge on any atom is 0.323 e. The average Bonchev–Trinajstić information content (AvgIpc) is 2.27. The molecule has 0 heterocycles. The van der Waals surface area contributed by atoms with Gasteiger partial charge in [0.25, 0.3) is 0 Å². The SMILES string of the molecule is CC/C(C)=C/NC(=O)Nc1ccccc1. The maximum atomic E-state index is 11.4. The van der Waals surface area contributed by atoms with E-state index in [2.05, 4.69) is 10.6 Å². The zero-order chi connectivity index (χ0) is 11.1. The molecule has 0 aliphatic carbocycles. The van der Waals surface area contributed by atoms with Crippen LogP contribution in [0.5, 0.6) is 0 Å². The lowest BCUT2D eigenvalue weighted by Gasteiger charge is -2.04. The quantitative estimate of drug-likeness (QED) is 0.780. The molecule has 0 aliphatic rings. The Morgan fingerprint density at radius 3 is 2.60 bits per heavy atom. The average molecular weight is 204 g/mol. The molecule has 3 heteroatoms. The summed E-state index contributed by atoms with van der Waals surface area (Å²) in [5.41, 5.74) is 1.93. The molecule has 2 amide bonds. The fourth-order valence-corrected chi connectivity index (χ4v) is 0.979. The van der Waals surface area contributed by atoms with Gasteiger partial charge in [0, 0.05) is 11.9 Å². The molecule has 3 nitrogen and oxygen atoms in total. The number of hydrogen-bond acceptors (Lipinski definition) is 1.